The molecule has 0 aliphatic carbocycles. The summed E-state index contributed by atoms with van der Waals surface area (Å²) < 4.78 is 180. The molecule has 0 aliphatic rings. The van der Waals surface area contributed by atoms with E-state index in [-0.39, 0.29) is 0 Å². The molecule has 198 valence electrons. The number of carbonyl (C=O) groups is 2. The number of carbonyl (C=O) groups excluding carboxylic acids is 2. The zero-order valence-electron chi connectivity index (χ0n) is 17.0. The average molecular weight is 530 g/mol. The van der Waals surface area contributed by atoms with Crippen molar-refractivity contribution in [2.24, 2.45) is 0 Å². The Kier molecular flexibility index (Phi) is 8.93. The molecule has 0 fully saturated rings. The van der Waals surface area contributed by atoms with Gasteiger partial charge in [-0.3, -0.25) is 0 Å². The van der Waals surface area contributed by atoms with Crippen LogP contribution in [-0.4, -0.2) is 60.4 Å². The molecule has 0 saturated carbocycles. The summed E-state index contributed by atoms with van der Waals surface area (Å²) in [6.07, 6.45) is -13.2. The SMILES string of the molecule is C=C(C)C(=O)OCC(CC(F)(F)C(F)(F)C(F)(F)C(F)(F)C(F)(F)C(F)(F)F)OC(=O)C(=C)C. The molecule has 0 aromatic carbocycles. The topological polar surface area (TPSA) is 52.6 Å². The van der Waals surface area contributed by atoms with E-state index in [1.165, 1.54) is 0 Å². The molecule has 1 atom stereocenters. The van der Waals surface area contributed by atoms with Crippen molar-refractivity contribution in [3.05, 3.63) is 24.3 Å². The lowest BCUT2D eigenvalue weighted by Crippen LogP contribution is -2.70. The molecule has 0 aromatic heterocycles. The van der Waals surface area contributed by atoms with Gasteiger partial charge in [-0.2, -0.15) is 57.1 Å². The highest BCUT2D eigenvalue weighted by Gasteiger charge is 2.90. The van der Waals surface area contributed by atoms with Crippen molar-refractivity contribution in [3.63, 3.8) is 0 Å². The Morgan fingerprint density at radius 1 is 0.676 bits per heavy atom. The maximum atomic E-state index is 14.0. The molecule has 0 N–H and O–H groups in total. The standard InChI is InChI=1S/C17H15F13O4/c1-7(2)10(31)33-6-9(34-11(32)8(3)4)5-12(18,19)13(20,21)14(22,23)15(24,25)16(26,27)17(28,29)30/h9H,1,3,5-6H2,2,4H3. The molecule has 34 heavy (non-hydrogen) atoms. The molecular formula is C17H15F13O4. The molecule has 0 bridgehead atoms. The zero-order chi connectivity index (χ0) is 27.7. The van der Waals surface area contributed by atoms with Gasteiger partial charge in [-0.25, -0.2) is 9.59 Å². The predicted molar refractivity (Wildman–Crippen MR) is 85.9 cm³/mol. The number of esters is 2. The van der Waals surface area contributed by atoms with E-state index in [2.05, 4.69) is 22.6 Å². The summed E-state index contributed by atoms with van der Waals surface area (Å²) in [5.41, 5.74) is -1.03. The highest BCUT2D eigenvalue weighted by Crippen LogP contribution is 2.60. The lowest BCUT2D eigenvalue weighted by molar-refractivity contribution is -0.440. The van der Waals surface area contributed by atoms with E-state index in [1.54, 1.807) is 0 Å². The maximum Gasteiger partial charge on any atom is 0.460 e. The Balaban J connectivity index is 6.27. The second-order valence-corrected chi connectivity index (χ2v) is 6.89. The van der Waals surface area contributed by atoms with E-state index in [4.69, 9.17) is 0 Å². The molecule has 1 unspecified atom stereocenters. The normalized spacial score (nSPS) is 14.9. The smallest absolute Gasteiger partial charge is 0.458 e. The number of hydrogen-bond acceptors (Lipinski definition) is 4. The Hall–Kier alpha value is -2.49. The quantitative estimate of drug-likeness (QED) is 0.195. The van der Waals surface area contributed by atoms with Crippen LogP contribution >= 0.6 is 0 Å². The first-order valence-corrected chi connectivity index (χ1v) is 8.42. The molecule has 0 aliphatic heterocycles. The van der Waals surface area contributed by atoms with Gasteiger partial charge in [-0.05, 0) is 13.8 Å². The highest BCUT2D eigenvalue weighted by molar-refractivity contribution is 5.87. The van der Waals surface area contributed by atoms with E-state index < -0.39 is 78.0 Å². The third-order valence-electron chi connectivity index (χ3n) is 3.85. The number of rotatable bonds is 11. The monoisotopic (exact) mass is 530 g/mol. The fraction of sp³-hybridized carbons (Fsp3) is 0.647. The van der Waals surface area contributed by atoms with Gasteiger partial charge in [0.15, 0.2) is 0 Å². The first kappa shape index (κ1) is 31.5. The largest absolute Gasteiger partial charge is 0.460 e. The molecule has 0 saturated heterocycles. The fourth-order valence-corrected chi connectivity index (χ4v) is 1.89. The van der Waals surface area contributed by atoms with Crippen LogP contribution in [0.3, 0.4) is 0 Å². The van der Waals surface area contributed by atoms with Gasteiger partial charge in [-0.15, -0.1) is 0 Å². The van der Waals surface area contributed by atoms with E-state index in [0.717, 1.165) is 13.8 Å². The van der Waals surface area contributed by atoms with Crippen molar-refractivity contribution in [1.82, 2.24) is 0 Å². The summed E-state index contributed by atoms with van der Waals surface area (Å²) in [6, 6.07) is 0. The molecule has 4 nitrogen and oxygen atoms in total. The van der Waals surface area contributed by atoms with Crippen molar-refractivity contribution in [1.29, 1.82) is 0 Å². The fourth-order valence-electron chi connectivity index (χ4n) is 1.89. The minimum Gasteiger partial charge on any atom is -0.458 e. The summed E-state index contributed by atoms with van der Waals surface area (Å²) in [4.78, 5) is 22.8. The van der Waals surface area contributed by atoms with Gasteiger partial charge in [0.05, 0.1) is 6.42 Å². The third kappa shape index (κ3) is 5.76. The second-order valence-electron chi connectivity index (χ2n) is 6.89. The predicted octanol–water partition coefficient (Wildman–Crippen LogP) is 5.72. The first-order valence-electron chi connectivity index (χ1n) is 8.42. The van der Waals surface area contributed by atoms with Crippen molar-refractivity contribution in [2.45, 2.75) is 62.2 Å². The minimum absolute atomic E-state index is 0.428. The van der Waals surface area contributed by atoms with Gasteiger partial charge in [0.25, 0.3) is 0 Å². The van der Waals surface area contributed by atoms with Gasteiger partial charge in [0.2, 0.25) is 0 Å². The molecule has 0 radical (unpaired) electrons. The number of hydrogen-bond donors (Lipinski definition) is 0. The van der Waals surface area contributed by atoms with Crippen LogP contribution in [0.4, 0.5) is 57.1 Å². The number of halogens is 13. The second kappa shape index (κ2) is 9.64. The van der Waals surface area contributed by atoms with Crippen molar-refractivity contribution in [3.8, 4) is 0 Å². The van der Waals surface area contributed by atoms with Gasteiger partial charge in [0.1, 0.15) is 12.7 Å². The summed E-state index contributed by atoms with van der Waals surface area (Å²) in [5, 5.41) is 0. The van der Waals surface area contributed by atoms with E-state index in [9.17, 15) is 66.7 Å². The Labute approximate surface area is 182 Å². The summed E-state index contributed by atoms with van der Waals surface area (Å²) in [6.45, 7) is 6.26. The van der Waals surface area contributed by atoms with E-state index >= 15 is 0 Å². The van der Waals surface area contributed by atoms with Gasteiger partial charge in [0, 0.05) is 11.1 Å². The average Bonchev–Trinajstić information content (AvgIpc) is 2.63. The van der Waals surface area contributed by atoms with Crippen LogP contribution in [-0.2, 0) is 19.1 Å². The first-order chi connectivity index (χ1) is 14.8. The Bertz CT molecular complexity index is 815. The van der Waals surface area contributed by atoms with Crippen LogP contribution in [0.2, 0.25) is 0 Å². The molecule has 0 heterocycles. The molecular weight excluding hydrogens is 515 g/mol. The summed E-state index contributed by atoms with van der Waals surface area (Å²) in [7, 11) is 0. The van der Waals surface area contributed by atoms with Crippen LogP contribution in [0.15, 0.2) is 24.3 Å². The minimum atomic E-state index is -8.07. The highest BCUT2D eigenvalue weighted by atomic mass is 19.4. The Morgan fingerprint density at radius 2 is 1.06 bits per heavy atom. The maximum absolute atomic E-state index is 14.0. The van der Waals surface area contributed by atoms with Crippen molar-refractivity contribution < 1.29 is 76.1 Å². The van der Waals surface area contributed by atoms with Gasteiger partial charge < -0.3 is 9.47 Å². The zero-order valence-corrected chi connectivity index (χ0v) is 17.0. The van der Waals surface area contributed by atoms with Gasteiger partial charge in [-0.1, -0.05) is 13.2 Å². The molecule has 17 heteroatoms. The molecule has 0 spiro atoms. The number of ether oxygens (including phenoxy) is 2. The van der Waals surface area contributed by atoms with Crippen LogP contribution in [0.25, 0.3) is 0 Å². The van der Waals surface area contributed by atoms with Crippen LogP contribution < -0.4 is 0 Å². The molecule has 0 aromatic rings. The van der Waals surface area contributed by atoms with E-state index in [1.807, 2.05) is 0 Å². The molecule has 0 amide bonds. The third-order valence-corrected chi connectivity index (χ3v) is 3.85. The summed E-state index contributed by atoms with van der Waals surface area (Å²) in [5.74, 6) is -41.1. The van der Waals surface area contributed by atoms with Crippen molar-refractivity contribution >= 4 is 11.9 Å². The summed E-state index contributed by atoms with van der Waals surface area (Å²) >= 11 is 0. The lowest BCUT2D eigenvalue weighted by Gasteiger charge is -2.40. The molecule has 0 rings (SSSR count). The number of alkyl halides is 13. The lowest BCUT2D eigenvalue weighted by atomic mass is 9.91. The van der Waals surface area contributed by atoms with Gasteiger partial charge >= 0.3 is 47.7 Å². The van der Waals surface area contributed by atoms with E-state index in [0.29, 0.717) is 0 Å². The van der Waals surface area contributed by atoms with Crippen LogP contribution in [0, 0.1) is 0 Å². The van der Waals surface area contributed by atoms with Crippen LogP contribution in [0.1, 0.15) is 20.3 Å². The van der Waals surface area contributed by atoms with Crippen LogP contribution in [0.5, 0.6) is 0 Å². The Morgan fingerprint density at radius 3 is 1.41 bits per heavy atom. The van der Waals surface area contributed by atoms with Crippen molar-refractivity contribution in [2.75, 3.05) is 6.61 Å².